The number of aromatic amines is 1. The maximum atomic E-state index is 11.5. The topological polar surface area (TPSA) is 81.0 Å². The Kier molecular flexibility index (Phi) is 3.29. The predicted molar refractivity (Wildman–Crippen MR) is 82.1 cm³/mol. The molecule has 5 rings (SSSR count). The summed E-state index contributed by atoms with van der Waals surface area (Å²) >= 11 is 0. The van der Waals surface area contributed by atoms with E-state index in [1.165, 1.54) is 45.6 Å². The van der Waals surface area contributed by atoms with Crippen molar-refractivity contribution in [2.45, 2.75) is 56.4 Å². The minimum atomic E-state index is -0.616. The number of hydrogen-bond acceptors (Lipinski definition) is 4. The van der Waals surface area contributed by atoms with Crippen molar-refractivity contribution in [1.82, 2.24) is 9.97 Å². The molecule has 4 fully saturated rings. The molecule has 1 aromatic heterocycles. The minimum absolute atomic E-state index is 0.266. The molecule has 22 heavy (non-hydrogen) atoms. The zero-order valence-corrected chi connectivity index (χ0v) is 13.2. The van der Waals surface area contributed by atoms with Crippen LogP contribution in [0.4, 0.5) is 0 Å². The van der Waals surface area contributed by atoms with Gasteiger partial charge in [0.25, 0.3) is 0 Å². The van der Waals surface area contributed by atoms with E-state index < -0.39 is 6.04 Å². The first-order valence-corrected chi connectivity index (χ1v) is 8.46. The Morgan fingerprint density at radius 2 is 1.95 bits per heavy atom. The van der Waals surface area contributed by atoms with E-state index in [4.69, 9.17) is 10.5 Å². The van der Waals surface area contributed by atoms with Crippen LogP contribution in [-0.2, 0) is 21.4 Å². The van der Waals surface area contributed by atoms with E-state index in [-0.39, 0.29) is 11.4 Å². The number of esters is 1. The van der Waals surface area contributed by atoms with Crippen LogP contribution in [0.5, 0.6) is 0 Å². The second-order valence-electron chi connectivity index (χ2n) is 7.79. The van der Waals surface area contributed by atoms with Crippen molar-refractivity contribution in [1.29, 1.82) is 0 Å². The summed E-state index contributed by atoms with van der Waals surface area (Å²) in [6, 6.07) is -0.616. The lowest BCUT2D eigenvalue weighted by Crippen LogP contribution is -2.49. The summed E-state index contributed by atoms with van der Waals surface area (Å²) in [5.74, 6) is 3.47. The van der Waals surface area contributed by atoms with Gasteiger partial charge in [-0.3, -0.25) is 4.79 Å². The molecule has 5 heteroatoms. The van der Waals surface area contributed by atoms with Crippen LogP contribution in [0.2, 0.25) is 0 Å². The van der Waals surface area contributed by atoms with Gasteiger partial charge in [-0.1, -0.05) is 0 Å². The van der Waals surface area contributed by atoms with Crippen LogP contribution in [0.15, 0.2) is 6.20 Å². The third-order valence-corrected chi connectivity index (χ3v) is 6.11. The molecule has 4 bridgehead atoms. The molecule has 0 aromatic carbocycles. The fraction of sp³-hybridized carbons (Fsp3) is 0.765. The standard InChI is InChI=1S/C17H25N3O2/c1-22-15(21)14(18)5-13-9-19-16(20-13)17-6-10-2-11(7-17)4-12(3-10)8-17/h9-12,14H,2-8,18H2,1H3,(H,19,20)/t10?,11?,12?,14-,17?/m0/s1. The number of methoxy groups -OCH3 is 1. The number of aromatic nitrogens is 2. The first kappa shape index (κ1) is 14.2. The van der Waals surface area contributed by atoms with E-state index in [1.807, 2.05) is 6.20 Å². The quantitative estimate of drug-likeness (QED) is 0.833. The molecule has 120 valence electrons. The molecule has 0 spiro atoms. The summed E-state index contributed by atoms with van der Waals surface area (Å²) in [5.41, 5.74) is 7.07. The molecule has 4 saturated carbocycles. The maximum Gasteiger partial charge on any atom is 0.323 e. The number of ether oxygens (including phenoxy) is 1. The summed E-state index contributed by atoms with van der Waals surface area (Å²) in [5, 5.41) is 0. The Hall–Kier alpha value is -1.36. The highest BCUT2D eigenvalue weighted by atomic mass is 16.5. The largest absolute Gasteiger partial charge is 0.468 e. The lowest BCUT2D eigenvalue weighted by atomic mass is 9.49. The molecule has 1 heterocycles. The number of H-pyrrole nitrogens is 1. The molecule has 4 aliphatic carbocycles. The molecule has 0 radical (unpaired) electrons. The molecular weight excluding hydrogens is 278 g/mol. The zero-order valence-electron chi connectivity index (χ0n) is 13.2. The molecule has 0 aliphatic heterocycles. The van der Waals surface area contributed by atoms with Crippen LogP contribution in [0, 0.1) is 17.8 Å². The first-order chi connectivity index (χ1) is 10.6. The van der Waals surface area contributed by atoms with Crippen LogP contribution in [0.25, 0.3) is 0 Å². The van der Waals surface area contributed by atoms with Crippen LogP contribution < -0.4 is 5.73 Å². The number of nitrogens with two attached hydrogens (primary N) is 1. The van der Waals surface area contributed by atoms with Gasteiger partial charge in [-0.2, -0.15) is 0 Å². The smallest absolute Gasteiger partial charge is 0.323 e. The Balaban J connectivity index is 1.53. The van der Waals surface area contributed by atoms with Gasteiger partial charge in [0.05, 0.1) is 7.11 Å². The molecule has 1 aromatic rings. The van der Waals surface area contributed by atoms with Crippen molar-refractivity contribution in [2.24, 2.45) is 23.5 Å². The summed E-state index contributed by atoms with van der Waals surface area (Å²) in [7, 11) is 1.37. The Labute approximate surface area is 131 Å². The highest BCUT2D eigenvalue weighted by Crippen LogP contribution is 2.60. The second kappa shape index (κ2) is 5.08. The Bertz CT molecular complexity index is 545. The highest BCUT2D eigenvalue weighted by molar-refractivity contribution is 5.75. The molecule has 0 saturated heterocycles. The summed E-state index contributed by atoms with van der Waals surface area (Å²) in [4.78, 5) is 19.6. The molecule has 0 amide bonds. The number of nitrogens with one attached hydrogen (secondary N) is 1. The van der Waals surface area contributed by atoms with Crippen molar-refractivity contribution in [3.05, 3.63) is 17.7 Å². The second-order valence-corrected chi connectivity index (χ2v) is 7.79. The van der Waals surface area contributed by atoms with Gasteiger partial charge in [0, 0.05) is 23.7 Å². The maximum absolute atomic E-state index is 11.5. The molecule has 0 unspecified atom stereocenters. The van der Waals surface area contributed by atoms with E-state index in [2.05, 4.69) is 9.97 Å². The number of carbonyl (C=O) groups excluding carboxylic acids is 1. The van der Waals surface area contributed by atoms with Gasteiger partial charge in [0.15, 0.2) is 0 Å². The average molecular weight is 303 g/mol. The molecule has 5 nitrogen and oxygen atoms in total. The Morgan fingerprint density at radius 1 is 1.36 bits per heavy atom. The summed E-state index contributed by atoms with van der Waals surface area (Å²) < 4.78 is 4.69. The van der Waals surface area contributed by atoms with Crippen LogP contribution in [-0.4, -0.2) is 29.1 Å². The van der Waals surface area contributed by atoms with Crippen molar-refractivity contribution in [3.8, 4) is 0 Å². The lowest BCUT2D eigenvalue weighted by molar-refractivity contribution is -0.142. The number of imidazole rings is 1. The SMILES string of the molecule is COC(=O)[C@@H](N)Cc1cnc(C23CC4CC(CC(C4)C2)C3)[nH]1. The Morgan fingerprint density at radius 3 is 2.50 bits per heavy atom. The van der Waals surface area contributed by atoms with Crippen LogP contribution >= 0.6 is 0 Å². The average Bonchev–Trinajstić information content (AvgIpc) is 2.94. The van der Waals surface area contributed by atoms with Gasteiger partial charge >= 0.3 is 5.97 Å². The zero-order chi connectivity index (χ0) is 15.3. The number of carbonyl (C=O) groups is 1. The normalized spacial score (nSPS) is 37.3. The van der Waals surface area contributed by atoms with Crippen LogP contribution in [0.1, 0.15) is 50.0 Å². The van der Waals surface area contributed by atoms with Gasteiger partial charge in [-0.25, -0.2) is 4.98 Å². The summed E-state index contributed by atoms with van der Waals surface area (Å²) in [6.45, 7) is 0. The molecule has 4 aliphatic rings. The predicted octanol–water partition coefficient (Wildman–Crippen LogP) is 1.92. The molecule has 1 atom stereocenters. The fourth-order valence-corrected chi connectivity index (χ4v) is 5.60. The number of hydrogen-bond donors (Lipinski definition) is 2. The van der Waals surface area contributed by atoms with Crippen molar-refractivity contribution in [2.75, 3.05) is 7.11 Å². The van der Waals surface area contributed by atoms with Crippen molar-refractivity contribution >= 4 is 5.97 Å². The van der Waals surface area contributed by atoms with E-state index in [0.717, 1.165) is 29.3 Å². The van der Waals surface area contributed by atoms with Crippen LogP contribution in [0.3, 0.4) is 0 Å². The van der Waals surface area contributed by atoms with E-state index >= 15 is 0 Å². The third kappa shape index (κ3) is 2.26. The van der Waals surface area contributed by atoms with Gasteiger partial charge in [0.1, 0.15) is 11.9 Å². The monoisotopic (exact) mass is 303 g/mol. The first-order valence-electron chi connectivity index (χ1n) is 8.46. The van der Waals surface area contributed by atoms with E-state index in [0.29, 0.717) is 6.42 Å². The molecular formula is C17H25N3O2. The minimum Gasteiger partial charge on any atom is -0.468 e. The van der Waals surface area contributed by atoms with Crippen molar-refractivity contribution < 1.29 is 9.53 Å². The van der Waals surface area contributed by atoms with E-state index in [1.54, 1.807) is 0 Å². The third-order valence-electron chi connectivity index (χ3n) is 6.11. The lowest BCUT2D eigenvalue weighted by Gasteiger charge is -2.56. The van der Waals surface area contributed by atoms with Crippen molar-refractivity contribution in [3.63, 3.8) is 0 Å². The van der Waals surface area contributed by atoms with Gasteiger partial charge in [0.2, 0.25) is 0 Å². The molecule has 3 N–H and O–H groups in total. The van der Waals surface area contributed by atoms with E-state index in [9.17, 15) is 4.79 Å². The van der Waals surface area contributed by atoms with Gasteiger partial charge in [-0.15, -0.1) is 0 Å². The highest BCUT2D eigenvalue weighted by Gasteiger charge is 2.52. The summed E-state index contributed by atoms with van der Waals surface area (Å²) in [6.07, 6.45) is 10.5. The fourth-order valence-electron chi connectivity index (χ4n) is 5.60. The van der Waals surface area contributed by atoms with Gasteiger partial charge in [-0.05, 0) is 56.3 Å². The number of nitrogens with zero attached hydrogens (tertiary/aromatic N) is 1. The number of rotatable bonds is 4. The van der Waals surface area contributed by atoms with Gasteiger partial charge < -0.3 is 15.5 Å².